The van der Waals surface area contributed by atoms with Crippen molar-refractivity contribution in [2.75, 3.05) is 4.90 Å². The van der Waals surface area contributed by atoms with Crippen LogP contribution in [0.25, 0.3) is 0 Å². The molecule has 27 heavy (non-hydrogen) atoms. The maximum atomic E-state index is 12.7. The second-order valence-corrected chi connectivity index (χ2v) is 6.71. The lowest BCUT2D eigenvalue weighted by atomic mass is 10.0. The predicted octanol–water partition coefficient (Wildman–Crippen LogP) is 3.37. The third-order valence-corrected chi connectivity index (χ3v) is 4.52. The summed E-state index contributed by atoms with van der Waals surface area (Å²) in [5.74, 6) is -0.855. The van der Waals surface area contributed by atoms with Gasteiger partial charge in [0.15, 0.2) is 5.84 Å². The molecule has 0 aromatic heterocycles. The van der Waals surface area contributed by atoms with Crippen molar-refractivity contribution in [2.24, 2.45) is 10.9 Å². The van der Waals surface area contributed by atoms with Gasteiger partial charge in [-0.1, -0.05) is 13.8 Å². The van der Waals surface area contributed by atoms with Gasteiger partial charge in [-0.3, -0.25) is 19.7 Å². The first-order valence-corrected chi connectivity index (χ1v) is 8.42. The Morgan fingerprint density at radius 1 is 1.26 bits per heavy atom. The van der Waals surface area contributed by atoms with Crippen LogP contribution in [0, 0.1) is 5.92 Å². The Morgan fingerprint density at radius 2 is 1.89 bits per heavy atom. The number of alkyl halides is 3. The first-order valence-electron chi connectivity index (χ1n) is 8.42. The van der Waals surface area contributed by atoms with Crippen molar-refractivity contribution < 1.29 is 28.0 Å². The highest BCUT2D eigenvalue weighted by Crippen LogP contribution is 2.33. The van der Waals surface area contributed by atoms with Crippen molar-refractivity contribution in [3.8, 4) is 0 Å². The zero-order chi connectivity index (χ0) is 19.9. The van der Waals surface area contributed by atoms with Crippen LogP contribution in [-0.2, 0) is 15.8 Å². The molecule has 1 N–H and O–H groups in total. The minimum Gasteiger partial charge on any atom is -0.300 e. The number of halogens is 3. The summed E-state index contributed by atoms with van der Waals surface area (Å²) in [5.41, 5.74) is -0.0154. The van der Waals surface area contributed by atoms with Crippen molar-refractivity contribution in [1.82, 2.24) is 5.06 Å². The summed E-state index contributed by atoms with van der Waals surface area (Å²) in [5, 5.41) is 10.7. The van der Waals surface area contributed by atoms with E-state index in [9.17, 15) is 28.0 Å². The highest BCUT2D eigenvalue weighted by molar-refractivity contribution is 6.10. The number of hydrogen-bond donors (Lipinski definition) is 1. The van der Waals surface area contributed by atoms with Gasteiger partial charge in [0, 0.05) is 18.2 Å². The topological polar surface area (TPSA) is 73.2 Å². The largest absolute Gasteiger partial charge is 0.416 e. The van der Waals surface area contributed by atoms with E-state index in [1.165, 1.54) is 4.90 Å². The first kappa shape index (κ1) is 19.1. The molecule has 2 aliphatic rings. The van der Waals surface area contributed by atoms with Crippen LogP contribution in [0.4, 0.5) is 18.9 Å². The summed E-state index contributed by atoms with van der Waals surface area (Å²) in [4.78, 5) is 29.7. The zero-order valence-corrected chi connectivity index (χ0v) is 14.7. The van der Waals surface area contributed by atoms with E-state index in [1.54, 1.807) is 6.08 Å². The number of nitrogens with zero attached hydrogens (tertiary/aromatic N) is 3. The van der Waals surface area contributed by atoms with Gasteiger partial charge in [0.1, 0.15) is 6.04 Å². The maximum Gasteiger partial charge on any atom is 0.416 e. The predicted molar refractivity (Wildman–Crippen MR) is 90.9 cm³/mol. The van der Waals surface area contributed by atoms with Crippen LogP contribution < -0.4 is 4.90 Å². The van der Waals surface area contributed by atoms with E-state index in [0.29, 0.717) is 5.70 Å². The van der Waals surface area contributed by atoms with Crippen molar-refractivity contribution in [2.45, 2.75) is 38.9 Å². The van der Waals surface area contributed by atoms with E-state index >= 15 is 0 Å². The molecule has 0 radical (unpaired) electrons. The summed E-state index contributed by atoms with van der Waals surface area (Å²) in [6.45, 7) is 3.74. The van der Waals surface area contributed by atoms with E-state index in [2.05, 4.69) is 4.99 Å². The molecule has 1 aromatic carbocycles. The van der Waals surface area contributed by atoms with Crippen LogP contribution in [0.2, 0.25) is 0 Å². The third-order valence-electron chi connectivity index (χ3n) is 4.52. The van der Waals surface area contributed by atoms with Crippen LogP contribution in [-0.4, -0.2) is 34.0 Å². The van der Waals surface area contributed by atoms with E-state index in [4.69, 9.17) is 0 Å². The minimum absolute atomic E-state index is 0.0563. The Bertz CT molecular complexity index is 828. The average molecular weight is 381 g/mol. The molecule has 1 fully saturated rings. The molecule has 2 aliphatic heterocycles. The SMILES string of the molecule is CC(C)C1=CC(=NC(=O)C2CCC(=O)N2c2ccc(C(F)(F)F)cc2)N1O. The van der Waals surface area contributed by atoms with Gasteiger partial charge >= 0.3 is 6.18 Å². The lowest BCUT2D eigenvalue weighted by molar-refractivity contribution is -0.137. The van der Waals surface area contributed by atoms with E-state index in [1.807, 2.05) is 13.8 Å². The molecule has 6 nitrogen and oxygen atoms in total. The summed E-state index contributed by atoms with van der Waals surface area (Å²) in [6, 6.07) is 3.16. The molecular formula is C18H18F3N3O3. The smallest absolute Gasteiger partial charge is 0.300 e. The molecule has 0 saturated carbocycles. The van der Waals surface area contributed by atoms with Gasteiger partial charge in [-0.2, -0.15) is 18.2 Å². The molecular weight excluding hydrogens is 363 g/mol. The maximum absolute atomic E-state index is 12.7. The van der Waals surface area contributed by atoms with Crippen molar-refractivity contribution in [1.29, 1.82) is 0 Å². The van der Waals surface area contributed by atoms with Gasteiger partial charge in [0.25, 0.3) is 5.91 Å². The Morgan fingerprint density at radius 3 is 2.41 bits per heavy atom. The molecule has 9 heteroatoms. The monoisotopic (exact) mass is 381 g/mol. The average Bonchev–Trinajstić information content (AvgIpc) is 2.98. The van der Waals surface area contributed by atoms with Gasteiger partial charge in [-0.05, 0) is 36.6 Å². The molecule has 144 valence electrons. The standard InChI is InChI=1S/C18H18F3N3O3/c1-10(2)14-9-15(24(14)27)22-17(26)13-7-8-16(25)23(13)12-5-3-11(4-6-12)18(19,20)21/h3-6,9-10,13,27H,7-8H2,1-2H3. The van der Waals surface area contributed by atoms with Crippen LogP contribution in [0.15, 0.2) is 41.0 Å². The molecule has 0 aliphatic carbocycles. The minimum atomic E-state index is -4.48. The molecule has 2 heterocycles. The lowest BCUT2D eigenvalue weighted by Crippen LogP contribution is -2.41. The van der Waals surface area contributed by atoms with Crippen molar-refractivity contribution >= 4 is 23.3 Å². The number of hydroxylamine groups is 2. The highest BCUT2D eigenvalue weighted by atomic mass is 19.4. The van der Waals surface area contributed by atoms with Gasteiger partial charge in [-0.25, -0.2) is 5.06 Å². The van der Waals surface area contributed by atoms with Crippen LogP contribution in [0.5, 0.6) is 0 Å². The normalized spacial score (nSPS) is 21.7. The highest BCUT2D eigenvalue weighted by Gasteiger charge is 2.39. The summed E-state index contributed by atoms with van der Waals surface area (Å²) >= 11 is 0. The Balaban J connectivity index is 1.82. The van der Waals surface area contributed by atoms with Crippen molar-refractivity contribution in [3.05, 3.63) is 41.6 Å². The molecule has 3 rings (SSSR count). The third kappa shape index (κ3) is 3.59. The van der Waals surface area contributed by atoms with E-state index < -0.39 is 23.7 Å². The van der Waals surface area contributed by atoms with Gasteiger partial charge < -0.3 is 0 Å². The number of amides is 2. The van der Waals surface area contributed by atoms with Crippen LogP contribution in [0.3, 0.4) is 0 Å². The lowest BCUT2D eigenvalue weighted by Gasteiger charge is -2.31. The number of carbonyl (C=O) groups excluding carboxylic acids is 2. The van der Waals surface area contributed by atoms with E-state index in [-0.39, 0.29) is 36.2 Å². The van der Waals surface area contributed by atoms with Crippen LogP contribution >= 0.6 is 0 Å². The molecule has 1 aromatic rings. The Labute approximate surface area is 153 Å². The number of benzene rings is 1. The fourth-order valence-corrected chi connectivity index (χ4v) is 3.05. The second-order valence-electron chi connectivity index (χ2n) is 6.71. The van der Waals surface area contributed by atoms with Crippen molar-refractivity contribution in [3.63, 3.8) is 0 Å². The summed E-state index contributed by atoms with van der Waals surface area (Å²) < 4.78 is 38.1. The zero-order valence-electron chi connectivity index (χ0n) is 14.7. The number of allylic oxidation sites excluding steroid dienone is 1. The van der Waals surface area contributed by atoms with Gasteiger partial charge in [-0.15, -0.1) is 0 Å². The van der Waals surface area contributed by atoms with Gasteiger partial charge in [0.05, 0.1) is 11.3 Å². The number of carbonyl (C=O) groups is 2. The second kappa shape index (κ2) is 6.80. The number of anilines is 1. The summed E-state index contributed by atoms with van der Waals surface area (Å²) in [6.07, 6.45) is -2.61. The number of aliphatic imine (C=N–C) groups is 1. The van der Waals surface area contributed by atoms with Gasteiger partial charge in [0.2, 0.25) is 5.91 Å². The molecule has 1 unspecified atom stereocenters. The molecule has 0 bridgehead atoms. The fourth-order valence-electron chi connectivity index (χ4n) is 3.05. The molecule has 0 spiro atoms. The number of hydrogen-bond acceptors (Lipinski definition) is 3. The first-order chi connectivity index (χ1) is 12.6. The van der Waals surface area contributed by atoms with E-state index in [0.717, 1.165) is 29.3 Å². The fraction of sp³-hybridized carbons (Fsp3) is 0.389. The summed E-state index contributed by atoms with van der Waals surface area (Å²) in [7, 11) is 0. The molecule has 1 atom stereocenters. The Hall–Kier alpha value is -2.68. The van der Waals surface area contributed by atoms with Crippen LogP contribution in [0.1, 0.15) is 32.3 Å². The Kier molecular flexibility index (Phi) is 4.81. The number of amidine groups is 1. The number of rotatable bonds is 3. The molecule has 2 amide bonds. The molecule has 1 saturated heterocycles. The quantitative estimate of drug-likeness (QED) is 0.871.